The van der Waals surface area contributed by atoms with Crippen LogP contribution in [0.25, 0.3) is 0 Å². The van der Waals surface area contributed by atoms with E-state index in [2.05, 4.69) is 20.7 Å². The van der Waals surface area contributed by atoms with Crippen LogP contribution in [0.4, 0.5) is 0 Å². The molecular formula is C14H20BrNO4S. The normalized spacial score (nSPS) is 17.9. The number of aliphatic hydroxyl groups excluding tert-OH is 1. The van der Waals surface area contributed by atoms with Crippen molar-refractivity contribution in [3.8, 4) is 5.75 Å². The molecule has 0 unspecified atom stereocenters. The van der Waals surface area contributed by atoms with Crippen molar-refractivity contribution < 1.29 is 18.3 Å². The van der Waals surface area contributed by atoms with Gasteiger partial charge in [0.15, 0.2) is 0 Å². The van der Waals surface area contributed by atoms with Gasteiger partial charge in [-0.2, -0.15) is 0 Å². The van der Waals surface area contributed by atoms with E-state index in [0.29, 0.717) is 10.2 Å². The van der Waals surface area contributed by atoms with Gasteiger partial charge in [0, 0.05) is 18.6 Å². The molecule has 0 aliphatic heterocycles. The van der Waals surface area contributed by atoms with Crippen LogP contribution in [0, 0.1) is 5.41 Å². The van der Waals surface area contributed by atoms with Gasteiger partial charge in [-0.1, -0.05) is 12.8 Å². The minimum absolute atomic E-state index is 0.0157. The quantitative estimate of drug-likeness (QED) is 0.797. The minimum atomic E-state index is -3.59. The van der Waals surface area contributed by atoms with E-state index in [1.807, 2.05) is 0 Å². The number of nitrogens with one attached hydrogen (secondary N) is 1. The molecule has 7 heteroatoms. The summed E-state index contributed by atoms with van der Waals surface area (Å²) in [5.41, 5.74) is -0.309. The molecule has 2 N–H and O–H groups in total. The molecule has 0 heterocycles. The smallest absolute Gasteiger partial charge is 0.240 e. The summed E-state index contributed by atoms with van der Waals surface area (Å²) in [6.07, 6.45) is 3.80. The van der Waals surface area contributed by atoms with Gasteiger partial charge in [0.05, 0.1) is 16.5 Å². The van der Waals surface area contributed by atoms with Crippen LogP contribution < -0.4 is 9.46 Å². The lowest BCUT2D eigenvalue weighted by molar-refractivity contribution is 0.134. The average Bonchev–Trinajstić information content (AvgIpc) is 2.95. The molecule has 2 rings (SSSR count). The van der Waals surface area contributed by atoms with Crippen molar-refractivity contribution in [2.45, 2.75) is 30.6 Å². The number of benzene rings is 1. The standard InChI is InChI=1S/C14H20BrNO4S/c1-20-13-5-4-11(8-12(13)15)21(18,19)16-9-14(10-17)6-2-3-7-14/h4-5,8,16-17H,2-3,6-7,9-10H2,1H3. The Labute approximate surface area is 133 Å². The monoisotopic (exact) mass is 377 g/mol. The molecular weight excluding hydrogens is 358 g/mol. The van der Waals surface area contributed by atoms with Crippen molar-refractivity contribution in [2.24, 2.45) is 5.41 Å². The SMILES string of the molecule is COc1ccc(S(=O)(=O)NCC2(CO)CCCC2)cc1Br. The lowest BCUT2D eigenvalue weighted by atomic mass is 9.88. The summed E-state index contributed by atoms with van der Waals surface area (Å²) in [4.78, 5) is 0.182. The Morgan fingerprint density at radius 3 is 2.57 bits per heavy atom. The van der Waals surface area contributed by atoms with Crippen LogP contribution in [-0.4, -0.2) is 33.8 Å². The third kappa shape index (κ3) is 3.77. The first-order chi connectivity index (χ1) is 9.92. The zero-order valence-corrected chi connectivity index (χ0v) is 14.3. The van der Waals surface area contributed by atoms with E-state index < -0.39 is 10.0 Å². The summed E-state index contributed by atoms with van der Waals surface area (Å²) in [6, 6.07) is 4.63. The lowest BCUT2D eigenvalue weighted by Gasteiger charge is -2.26. The number of hydrogen-bond donors (Lipinski definition) is 2. The molecule has 1 aromatic carbocycles. The molecule has 0 bridgehead atoms. The minimum Gasteiger partial charge on any atom is -0.496 e. The summed E-state index contributed by atoms with van der Waals surface area (Å²) in [7, 11) is -2.06. The highest BCUT2D eigenvalue weighted by Crippen LogP contribution is 2.37. The van der Waals surface area contributed by atoms with Gasteiger partial charge in [0.25, 0.3) is 0 Å². The molecule has 1 saturated carbocycles. The predicted molar refractivity (Wildman–Crippen MR) is 83.9 cm³/mol. The number of hydrogen-bond acceptors (Lipinski definition) is 4. The van der Waals surface area contributed by atoms with E-state index in [1.54, 1.807) is 6.07 Å². The molecule has 1 aliphatic carbocycles. The summed E-state index contributed by atoms with van der Waals surface area (Å²) in [5.74, 6) is 0.580. The maximum atomic E-state index is 12.3. The van der Waals surface area contributed by atoms with Gasteiger partial charge in [-0.25, -0.2) is 13.1 Å². The summed E-state index contributed by atoms with van der Waals surface area (Å²) in [5, 5.41) is 9.54. The van der Waals surface area contributed by atoms with Gasteiger partial charge in [-0.05, 0) is 47.0 Å². The highest BCUT2D eigenvalue weighted by Gasteiger charge is 2.34. The topological polar surface area (TPSA) is 75.6 Å². The summed E-state index contributed by atoms with van der Waals surface area (Å²) >= 11 is 3.28. The van der Waals surface area contributed by atoms with Gasteiger partial charge in [0.2, 0.25) is 10.0 Å². The number of aliphatic hydroxyl groups is 1. The van der Waals surface area contributed by atoms with E-state index in [9.17, 15) is 13.5 Å². The zero-order valence-electron chi connectivity index (χ0n) is 11.9. The highest BCUT2D eigenvalue weighted by atomic mass is 79.9. The van der Waals surface area contributed by atoms with E-state index in [0.717, 1.165) is 25.7 Å². The maximum absolute atomic E-state index is 12.3. The molecule has 1 aromatic rings. The van der Waals surface area contributed by atoms with Crippen molar-refractivity contribution in [3.05, 3.63) is 22.7 Å². The van der Waals surface area contributed by atoms with Crippen LogP contribution >= 0.6 is 15.9 Å². The average molecular weight is 378 g/mol. The van der Waals surface area contributed by atoms with Gasteiger partial charge in [0.1, 0.15) is 5.75 Å². The van der Waals surface area contributed by atoms with Gasteiger partial charge in [-0.15, -0.1) is 0 Å². The summed E-state index contributed by atoms with van der Waals surface area (Å²) in [6.45, 7) is 0.289. The van der Waals surface area contributed by atoms with Crippen LogP contribution in [0.2, 0.25) is 0 Å². The first-order valence-corrected chi connectivity index (χ1v) is 9.14. The maximum Gasteiger partial charge on any atom is 0.240 e. The Hall–Kier alpha value is -0.630. The highest BCUT2D eigenvalue weighted by molar-refractivity contribution is 9.10. The van der Waals surface area contributed by atoms with Crippen LogP contribution in [0.3, 0.4) is 0 Å². The molecule has 0 saturated heterocycles. The van der Waals surface area contributed by atoms with Gasteiger partial charge < -0.3 is 9.84 Å². The lowest BCUT2D eigenvalue weighted by Crippen LogP contribution is -2.38. The molecule has 0 spiro atoms. The molecule has 0 aromatic heterocycles. The second kappa shape index (κ2) is 6.64. The number of rotatable bonds is 6. The van der Waals surface area contributed by atoms with E-state index in [4.69, 9.17) is 4.74 Å². The third-order valence-electron chi connectivity index (χ3n) is 4.07. The van der Waals surface area contributed by atoms with Crippen LogP contribution in [-0.2, 0) is 10.0 Å². The Kier molecular flexibility index (Phi) is 5.29. The Morgan fingerprint density at radius 2 is 2.05 bits per heavy atom. The molecule has 0 radical (unpaired) electrons. The first-order valence-electron chi connectivity index (χ1n) is 6.86. The molecule has 21 heavy (non-hydrogen) atoms. The number of ether oxygens (including phenoxy) is 1. The van der Waals surface area contributed by atoms with Crippen molar-refractivity contribution >= 4 is 26.0 Å². The number of sulfonamides is 1. The fourth-order valence-electron chi connectivity index (χ4n) is 2.66. The molecule has 118 valence electrons. The van der Waals surface area contributed by atoms with Gasteiger partial charge in [-0.3, -0.25) is 0 Å². The second-order valence-corrected chi connectivity index (χ2v) is 8.11. The van der Waals surface area contributed by atoms with E-state index in [-0.39, 0.29) is 23.5 Å². The van der Waals surface area contributed by atoms with Crippen molar-refractivity contribution in [1.29, 1.82) is 0 Å². The van der Waals surface area contributed by atoms with Gasteiger partial charge >= 0.3 is 0 Å². The van der Waals surface area contributed by atoms with Crippen LogP contribution in [0.15, 0.2) is 27.6 Å². The molecule has 1 fully saturated rings. The van der Waals surface area contributed by atoms with Crippen molar-refractivity contribution in [3.63, 3.8) is 0 Å². The van der Waals surface area contributed by atoms with E-state index in [1.165, 1.54) is 19.2 Å². The molecule has 0 atom stereocenters. The Bertz CT molecular complexity index is 597. The number of methoxy groups -OCH3 is 1. The Morgan fingerprint density at radius 1 is 1.38 bits per heavy atom. The van der Waals surface area contributed by atoms with Crippen molar-refractivity contribution in [1.82, 2.24) is 4.72 Å². The van der Waals surface area contributed by atoms with Crippen molar-refractivity contribution in [2.75, 3.05) is 20.3 Å². The van der Waals surface area contributed by atoms with Crippen LogP contribution in [0.1, 0.15) is 25.7 Å². The Balaban J connectivity index is 2.13. The van der Waals surface area contributed by atoms with Crippen LogP contribution in [0.5, 0.6) is 5.75 Å². The summed E-state index contributed by atoms with van der Waals surface area (Å²) < 4.78 is 33.0. The molecule has 5 nitrogen and oxygen atoms in total. The number of halogens is 1. The largest absolute Gasteiger partial charge is 0.496 e. The zero-order chi connectivity index (χ0) is 15.5. The first kappa shape index (κ1) is 16.7. The fraction of sp³-hybridized carbons (Fsp3) is 0.571. The van der Waals surface area contributed by atoms with E-state index >= 15 is 0 Å². The third-order valence-corrected chi connectivity index (χ3v) is 6.09. The second-order valence-electron chi connectivity index (χ2n) is 5.49. The molecule has 0 amide bonds. The fourth-order valence-corrected chi connectivity index (χ4v) is 4.54. The predicted octanol–water partition coefficient (Wildman–Crippen LogP) is 2.29. The molecule has 1 aliphatic rings.